The fourth-order valence-corrected chi connectivity index (χ4v) is 6.60. The summed E-state index contributed by atoms with van der Waals surface area (Å²) in [6.07, 6.45) is 4.19. The molecule has 0 saturated heterocycles. The first-order valence-electron chi connectivity index (χ1n) is 18.0. The Morgan fingerprint density at radius 3 is 2.28 bits per heavy atom. The fraction of sp³-hybridized carbons (Fsp3) is 0.400. The van der Waals surface area contributed by atoms with Crippen LogP contribution >= 0.6 is 0 Å². The highest BCUT2D eigenvalue weighted by molar-refractivity contribution is 6.08. The zero-order chi connectivity index (χ0) is 38.1. The summed E-state index contributed by atoms with van der Waals surface area (Å²) in [7, 11) is 4.37. The number of carbonyl (C=O) groups excluding carboxylic acids is 3. The van der Waals surface area contributed by atoms with E-state index in [9.17, 15) is 19.5 Å². The molecule has 1 aromatic heterocycles. The lowest BCUT2D eigenvalue weighted by molar-refractivity contribution is 0.0544. The van der Waals surface area contributed by atoms with Crippen molar-refractivity contribution in [2.75, 3.05) is 51.8 Å². The second kappa shape index (κ2) is 17.9. The Morgan fingerprint density at radius 2 is 1.64 bits per heavy atom. The van der Waals surface area contributed by atoms with E-state index < -0.39 is 11.9 Å². The standard InChI is InChI=1S/C40H50N6O7/c1-7-9-17-44(18-10-8-2)40(50)35-19-26(3)46(42-35)36-16-15-29(41-38(48)33-22-31(51-4)23-34(43-53-6)37(33)52-5)21-32(36)39(49)45-24-28-14-12-11-13-27(28)20-30(45)25-47/h11-16,19,21-23,30,43,47H,7-10,17-18,20,24-25H2,1-6H3,(H,41,48)/t30-/m0/s1. The topological polar surface area (TPSA) is 147 Å². The van der Waals surface area contributed by atoms with E-state index in [0.717, 1.165) is 36.8 Å². The molecule has 0 spiro atoms. The molecule has 0 aliphatic carbocycles. The number of methoxy groups -OCH3 is 2. The number of nitrogens with one attached hydrogen (secondary N) is 2. The number of nitrogens with zero attached hydrogens (tertiary/aromatic N) is 4. The number of aryl methyl sites for hydroxylation is 1. The van der Waals surface area contributed by atoms with Gasteiger partial charge in [0.15, 0.2) is 11.4 Å². The second-order valence-electron chi connectivity index (χ2n) is 13.1. The number of aliphatic hydroxyl groups excluding tert-OH is 1. The number of carbonyl (C=O) groups is 3. The monoisotopic (exact) mass is 726 g/mol. The van der Waals surface area contributed by atoms with E-state index >= 15 is 0 Å². The lowest BCUT2D eigenvalue weighted by atomic mass is 9.93. The summed E-state index contributed by atoms with van der Waals surface area (Å²) in [5.74, 6) is -0.413. The van der Waals surface area contributed by atoms with E-state index in [1.807, 2.05) is 36.1 Å². The molecule has 13 heteroatoms. The molecule has 3 amide bonds. The van der Waals surface area contributed by atoms with Crippen LogP contribution in [0.4, 0.5) is 11.4 Å². The minimum absolute atomic E-state index is 0.159. The van der Waals surface area contributed by atoms with Crippen molar-refractivity contribution in [3.8, 4) is 17.2 Å². The largest absolute Gasteiger partial charge is 0.497 e. The van der Waals surface area contributed by atoms with E-state index in [0.29, 0.717) is 48.0 Å². The third-order valence-electron chi connectivity index (χ3n) is 9.46. The van der Waals surface area contributed by atoms with Gasteiger partial charge in [-0.3, -0.25) is 24.7 Å². The Balaban J connectivity index is 1.58. The molecule has 3 aromatic carbocycles. The van der Waals surface area contributed by atoms with Gasteiger partial charge >= 0.3 is 0 Å². The average molecular weight is 727 g/mol. The van der Waals surface area contributed by atoms with Gasteiger partial charge in [-0.25, -0.2) is 4.68 Å². The Bertz CT molecular complexity index is 1920. The number of unbranched alkanes of at least 4 members (excludes halogenated alkanes) is 2. The zero-order valence-corrected chi connectivity index (χ0v) is 31.4. The zero-order valence-electron chi connectivity index (χ0n) is 31.4. The van der Waals surface area contributed by atoms with Crippen molar-refractivity contribution in [2.24, 2.45) is 0 Å². The van der Waals surface area contributed by atoms with Crippen LogP contribution in [0, 0.1) is 6.92 Å². The molecule has 4 aromatic rings. The Kier molecular flexibility index (Phi) is 13.1. The highest BCUT2D eigenvalue weighted by Crippen LogP contribution is 2.35. The molecule has 1 atom stereocenters. The molecule has 2 heterocycles. The first-order chi connectivity index (χ1) is 25.7. The van der Waals surface area contributed by atoms with Crippen molar-refractivity contribution in [3.63, 3.8) is 0 Å². The number of ether oxygens (including phenoxy) is 2. The fourth-order valence-electron chi connectivity index (χ4n) is 6.60. The Morgan fingerprint density at radius 1 is 0.925 bits per heavy atom. The predicted octanol–water partition coefficient (Wildman–Crippen LogP) is 6.03. The van der Waals surface area contributed by atoms with Gasteiger partial charge in [0.25, 0.3) is 17.7 Å². The summed E-state index contributed by atoms with van der Waals surface area (Å²) < 4.78 is 12.6. The summed E-state index contributed by atoms with van der Waals surface area (Å²) in [5, 5.41) is 18.1. The first kappa shape index (κ1) is 38.8. The van der Waals surface area contributed by atoms with Crippen LogP contribution in [0.3, 0.4) is 0 Å². The van der Waals surface area contributed by atoms with Gasteiger partial charge in [-0.15, -0.1) is 0 Å². The van der Waals surface area contributed by atoms with Crippen molar-refractivity contribution in [3.05, 3.63) is 94.3 Å². The van der Waals surface area contributed by atoms with Crippen LogP contribution in [0.2, 0.25) is 0 Å². The molecule has 0 radical (unpaired) electrons. The normalized spacial score (nSPS) is 13.6. The van der Waals surface area contributed by atoms with Crippen molar-refractivity contribution in [1.82, 2.24) is 19.6 Å². The number of aromatic nitrogens is 2. The number of fused-ring (bicyclic) bond motifs is 1. The Labute approximate surface area is 310 Å². The van der Waals surface area contributed by atoms with Crippen LogP contribution in [-0.4, -0.2) is 89.5 Å². The minimum atomic E-state index is -0.520. The number of hydrogen-bond donors (Lipinski definition) is 3. The van der Waals surface area contributed by atoms with E-state index in [2.05, 4.69) is 24.6 Å². The number of benzene rings is 3. The molecule has 5 rings (SSSR count). The summed E-state index contributed by atoms with van der Waals surface area (Å²) in [4.78, 5) is 50.9. The molecule has 53 heavy (non-hydrogen) atoms. The van der Waals surface area contributed by atoms with Crippen LogP contribution in [0.25, 0.3) is 5.69 Å². The maximum atomic E-state index is 14.7. The first-order valence-corrected chi connectivity index (χ1v) is 18.0. The average Bonchev–Trinajstić information content (AvgIpc) is 3.57. The highest BCUT2D eigenvalue weighted by atomic mass is 16.6. The lowest BCUT2D eigenvalue weighted by Gasteiger charge is -2.36. The molecule has 0 saturated carbocycles. The number of anilines is 2. The second-order valence-corrected chi connectivity index (χ2v) is 13.1. The van der Waals surface area contributed by atoms with E-state index in [4.69, 9.17) is 19.4 Å². The van der Waals surface area contributed by atoms with Gasteiger partial charge in [-0.2, -0.15) is 5.10 Å². The van der Waals surface area contributed by atoms with Crippen molar-refractivity contribution in [1.29, 1.82) is 0 Å². The van der Waals surface area contributed by atoms with Gasteiger partial charge < -0.3 is 29.7 Å². The van der Waals surface area contributed by atoms with Crippen LogP contribution in [-0.2, 0) is 17.8 Å². The summed E-state index contributed by atoms with van der Waals surface area (Å²) >= 11 is 0. The quantitative estimate of drug-likeness (QED) is 0.118. The molecular weight excluding hydrogens is 676 g/mol. The number of amides is 3. The van der Waals surface area contributed by atoms with Gasteiger partial charge in [-0.1, -0.05) is 51.0 Å². The predicted molar refractivity (Wildman–Crippen MR) is 203 cm³/mol. The van der Waals surface area contributed by atoms with Crippen molar-refractivity contribution < 1.29 is 33.8 Å². The van der Waals surface area contributed by atoms with Gasteiger partial charge in [0.2, 0.25) is 0 Å². The van der Waals surface area contributed by atoms with Gasteiger partial charge in [0, 0.05) is 37.1 Å². The SMILES string of the molecule is CCCCN(CCCC)C(=O)c1cc(C)n(-c2ccc(NC(=O)c3cc(OC)cc(NOC)c3OC)cc2C(=O)N2Cc3ccccc3C[C@H]2CO)n1. The molecule has 13 nitrogen and oxygen atoms in total. The summed E-state index contributed by atoms with van der Waals surface area (Å²) in [6.45, 7) is 7.36. The molecule has 1 aliphatic rings. The van der Waals surface area contributed by atoms with Crippen molar-refractivity contribution >= 4 is 29.1 Å². The number of hydrogen-bond acceptors (Lipinski definition) is 9. The lowest BCUT2D eigenvalue weighted by Crippen LogP contribution is -2.46. The third-order valence-corrected chi connectivity index (χ3v) is 9.46. The number of aliphatic hydroxyl groups is 1. The maximum Gasteiger partial charge on any atom is 0.274 e. The number of rotatable bonds is 16. The van der Waals surface area contributed by atoms with E-state index in [1.165, 1.54) is 21.3 Å². The van der Waals surface area contributed by atoms with E-state index in [1.54, 1.807) is 46.0 Å². The van der Waals surface area contributed by atoms with E-state index in [-0.39, 0.29) is 47.5 Å². The van der Waals surface area contributed by atoms with Gasteiger partial charge in [-0.05, 0) is 67.6 Å². The molecule has 0 unspecified atom stereocenters. The molecular formula is C40H50N6O7. The molecule has 282 valence electrons. The van der Waals surface area contributed by atoms with Gasteiger partial charge in [0.05, 0.1) is 50.8 Å². The summed E-state index contributed by atoms with van der Waals surface area (Å²) in [5.41, 5.74) is 7.27. The third kappa shape index (κ3) is 8.64. The molecule has 0 fully saturated rings. The Hall–Kier alpha value is -5.40. The van der Waals surface area contributed by atoms with Crippen LogP contribution in [0.15, 0.2) is 60.7 Å². The van der Waals surface area contributed by atoms with Gasteiger partial charge in [0.1, 0.15) is 11.4 Å². The molecule has 0 bridgehead atoms. The van der Waals surface area contributed by atoms with Crippen LogP contribution in [0.5, 0.6) is 11.5 Å². The van der Waals surface area contributed by atoms with Crippen LogP contribution < -0.4 is 20.3 Å². The van der Waals surface area contributed by atoms with Crippen LogP contribution in [0.1, 0.15) is 87.6 Å². The summed E-state index contributed by atoms with van der Waals surface area (Å²) in [6, 6.07) is 17.3. The maximum absolute atomic E-state index is 14.7. The minimum Gasteiger partial charge on any atom is -0.497 e. The molecule has 3 N–H and O–H groups in total. The van der Waals surface area contributed by atoms with Crippen molar-refractivity contribution in [2.45, 2.75) is 65.5 Å². The smallest absolute Gasteiger partial charge is 0.274 e. The highest BCUT2D eigenvalue weighted by Gasteiger charge is 2.32. The molecule has 1 aliphatic heterocycles.